The van der Waals surface area contributed by atoms with E-state index in [0.29, 0.717) is 44.9 Å². The van der Waals surface area contributed by atoms with Crippen LogP contribution in [0.5, 0.6) is 0 Å². The fourth-order valence-corrected chi connectivity index (χ4v) is 19.2. The number of esters is 1. The Kier molecular flexibility index (Phi) is 22.1. The summed E-state index contributed by atoms with van der Waals surface area (Å²) in [5.74, 6) is -0.704. The highest BCUT2D eigenvalue weighted by Gasteiger charge is 2.71. The van der Waals surface area contributed by atoms with E-state index in [2.05, 4.69) is 54.5 Å². The highest BCUT2D eigenvalue weighted by atomic mass is 16.8. The zero-order chi connectivity index (χ0) is 70.0. The molecule has 0 unspecified atom stereocenters. The number of allylic oxidation sites excluding steroid dienone is 2. The molecule has 11 aliphatic rings. The summed E-state index contributed by atoms with van der Waals surface area (Å²) in [6.45, 7) is 13.5. The van der Waals surface area contributed by atoms with Gasteiger partial charge < -0.3 is 149 Å². The summed E-state index contributed by atoms with van der Waals surface area (Å²) in [6, 6.07) is 0. The lowest BCUT2D eigenvalue weighted by Crippen LogP contribution is -2.66. The first-order valence-electron chi connectivity index (χ1n) is 34.1. The maximum absolute atomic E-state index is 15.4. The Bertz CT molecular complexity index is 2690. The standard InChI is InChI=1S/C65H106O31/c1-25-36(73)50(93-58-51(44(81)47(91-58)28(70)20-66)94-53-41(78)37(74)30(72)24-85-53)46(83)56(86-25)89-35-12-13-62(6)33(61(35,4)5)11-14-64(8)34(62)10-9-26-27-19-60(2,3)15-17-65(27,18-16-63(26,64)7)59(84)96-55-43(80)40(77)49(32(23-69)88-55)92-57-52(45(82)48(90-57)29(71)21-67)95-54-42(79)39(76)38(75)31(22-68)87-54/h9,25,27-58,66-83H,10-24H2,1-8H3/t25-,27-,28+,29+,30+,31+,32+,33-,34+,35-,36+,37-,38+,39-,40+,41+,42+,43+,44-,45-,46-,47+,48+,49-,50+,51+,52+,53-,54-,55-,56-,57+,58+,62-,63+,64+,65-/m0/s1. The van der Waals surface area contributed by atoms with Gasteiger partial charge in [-0.1, -0.05) is 60.1 Å². The van der Waals surface area contributed by atoms with Crippen LogP contribution < -0.4 is 0 Å². The van der Waals surface area contributed by atoms with Crippen LogP contribution in [0.3, 0.4) is 0 Å². The summed E-state index contributed by atoms with van der Waals surface area (Å²) in [6.07, 6.45) is -40.3. The van der Waals surface area contributed by atoms with Crippen LogP contribution >= 0.6 is 0 Å². The van der Waals surface area contributed by atoms with Gasteiger partial charge in [-0.15, -0.1) is 0 Å². The van der Waals surface area contributed by atoms with Crippen molar-refractivity contribution in [3.05, 3.63) is 11.6 Å². The average molecular weight is 1380 g/mol. The Balaban J connectivity index is 0.778. The fraction of sp³-hybridized carbons (Fsp3) is 0.954. The minimum Gasteiger partial charge on any atom is -0.432 e. The summed E-state index contributed by atoms with van der Waals surface area (Å²) in [4.78, 5) is 15.4. The predicted molar refractivity (Wildman–Crippen MR) is 321 cm³/mol. The zero-order valence-electron chi connectivity index (χ0n) is 55.6. The van der Waals surface area contributed by atoms with Gasteiger partial charge in [0, 0.05) is 0 Å². The molecule has 6 saturated heterocycles. The van der Waals surface area contributed by atoms with Gasteiger partial charge in [-0.25, -0.2) is 0 Å². The van der Waals surface area contributed by atoms with E-state index in [0.717, 1.165) is 19.3 Å². The second kappa shape index (κ2) is 28.3. The molecule has 18 N–H and O–H groups in total. The molecule has 31 nitrogen and oxygen atoms in total. The first-order valence-corrected chi connectivity index (χ1v) is 34.1. The molecule has 6 aliphatic heterocycles. The van der Waals surface area contributed by atoms with Crippen molar-refractivity contribution in [2.75, 3.05) is 33.0 Å². The number of hydrogen-bond acceptors (Lipinski definition) is 31. The van der Waals surface area contributed by atoms with Gasteiger partial charge in [0.15, 0.2) is 31.5 Å². The molecule has 552 valence electrons. The van der Waals surface area contributed by atoms with Gasteiger partial charge in [0.05, 0.1) is 50.7 Å². The fourth-order valence-electron chi connectivity index (χ4n) is 19.2. The lowest BCUT2D eigenvalue weighted by Gasteiger charge is -2.71. The van der Waals surface area contributed by atoms with E-state index in [9.17, 15) is 91.9 Å². The van der Waals surface area contributed by atoms with Crippen molar-refractivity contribution in [2.24, 2.45) is 50.2 Å². The quantitative estimate of drug-likeness (QED) is 0.0348. The van der Waals surface area contributed by atoms with E-state index in [4.69, 9.17) is 56.8 Å². The van der Waals surface area contributed by atoms with Crippen LogP contribution in [0, 0.1) is 50.2 Å². The van der Waals surface area contributed by atoms with E-state index < -0.39 is 239 Å². The number of carbonyl (C=O) groups excluding carboxylic acids is 1. The Morgan fingerprint density at radius 2 is 1.07 bits per heavy atom. The molecule has 4 saturated carbocycles. The molecule has 0 aromatic carbocycles. The molecule has 11 rings (SSSR count). The van der Waals surface area contributed by atoms with Crippen LogP contribution in [-0.2, 0) is 61.6 Å². The number of hydrogen-bond donors (Lipinski definition) is 18. The molecule has 10 fully saturated rings. The van der Waals surface area contributed by atoms with Crippen molar-refractivity contribution < 1.29 is 154 Å². The zero-order valence-corrected chi connectivity index (χ0v) is 55.6. The molecule has 96 heavy (non-hydrogen) atoms. The largest absolute Gasteiger partial charge is 0.432 e. The van der Waals surface area contributed by atoms with Crippen LogP contribution in [0.4, 0.5) is 0 Å². The SMILES string of the molecule is C[C@@H]1O[C@@H](O[C@H]2CC[C@]3(C)[C@H]4CC=C5[C@@H]6CC(C)(C)CC[C@]6(C(=O)O[C@@H]6O[C@H](CO)[C@H](O[C@H]7O[C@H]([C@H](O)CO)[C@H](O)[C@H]7O[C@@H]7O[C@H](CO)[C@@H](O)[C@H](O)[C@H]7O)[C@H](O)[C@H]6O)CC[C@@]5(C)[C@]4(C)CC[C@H]3C2(C)C)[C@@H](O)[C@H](O[C@H]2O[C@H]([C@H](O)CO)[C@H](O)[C@H]2O[C@@H]2OC[C@@H](O)[C@H](O)[C@H]2O)[C@@H]1O. The number of rotatable bonds is 18. The molecule has 0 radical (unpaired) electrons. The van der Waals surface area contributed by atoms with Gasteiger partial charge in [-0.3, -0.25) is 4.79 Å². The van der Waals surface area contributed by atoms with Crippen LogP contribution in [0.1, 0.15) is 120 Å². The van der Waals surface area contributed by atoms with Crippen molar-refractivity contribution in [1.29, 1.82) is 0 Å². The molecule has 37 atom stereocenters. The lowest BCUT2D eigenvalue weighted by atomic mass is 9.33. The normalized spacial score (nSPS) is 53.0. The van der Waals surface area contributed by atoms with E-state index in [1.165, 1.54) is 5.57 Å². The monoisotopic (exact) mass is 1380 g/mol. The molecular formula is C65H106O31. The summed E-state index contributed by atoms with van der Waals surface area (Å²) in [5, 5.41) is 194. The third kappa shape index (κ3) is 12.8. The van der Waals surface area contributed by atoms with Crippen molar-refractivity contribution in [3.8, 4) is 0 Å². The number of aliphatic hydroxyl groups is 18. The molecule has 5 aliphatic carbocycles. The number of carbonyl (C=O) groups is 1. The molecule has 0 bridgehead atoms. The molecule has 31 heteroatoms. The van der Waals surface area contributed by atoms with E-state index >= 15 is 4.79 Å². The molecular weight excluding hydrogens is 1280 g/mol. The summed E-state index contributed by atoms with van der Waals surface area (Å²) in [5.41, 5.74) is -1.58. The molecule has 6 heterocycles. The van der Waals surface area contributed by atoms with Gasteiger partial charge in [-0.2, -0.15) is 0 Å². The molecule has 0 aromatic heterocycles. The molecule has 0 amide bonds. The summed E-state index contributed by atoms with van der Waals surface area (Å²) in [7, 11) is 0. The van der Waals surface area contributed by atoms with Gasteiger partial charge in [0.1, 0.15) is 134 Å². The smallest absolute Gasteiger partial charge is 0.315 e. The van der Waals surface area contributed by atoms with Crippen molar-refractivity contribution in [3.63, 3.8) is 0 Å². The number of fused-ring (bicyclic) bond motifs is 7. The third-order valence-corrected chi connectivity index (χ3v) is 25.2. The van der Waals surface area contributed by atoms with Gasteiger partial charge in [0.2, 0.25) is 6.29 Å². The first-order chi connectivity index (χ1) is 45.1. The highest BCUT2D eigenvalue weighted by Crippen LogP contribution is 2.76. The Morgan fingerprint density at radius 1 is 0.521 bits per heavy atom. The number of ether oxygens (including phenoxy) is 12. The second-order valence-corrected chi connectivity index (χ2v) is 31.4. The summed E-state index contributed by atoms with van der Waals surface area (Å²) < 4.78 is 71.9. The third-order valence-electron chi connectivity index (χ3n) is 25.2. The first kappa shape index (κ1) is 75.2. The van der Waals surface area contributed by atoms with Crippen LogP contribution in [0.2, 0.25) is 0 Å². The average Bonchev–Trinajstić information content (AvgIpc) is 0.760. The van der Waals surface area contributed by atoms with Gasteiger partial charge in [0.25, 0.3) is 0 Å². The number of aliphatic hydroxyl groups excluding tert-OH is 18. The van der Waals surface area contributed by atoms with Crippen LogP contribution in [0.25, 0.3) is 0 Å². The maximum Gasteiger partial charge on any atom is 0.315 e. The summed E-state index contributed by atoms with van der Waals surface area (Å²) >= 11 is 0. The minimum absolute atomic E-state index is 0.0882. The highest BCUT2D eigenvalue weighted by molar-refractivity contribution is 5.79. The Hall–Kier alpha value is -1.95. The maximum atomic E-state index is 15.4. The van der Waals surface area contributed by atoms with Crippen LogP contribution in [0.15, 0.2) is 11.6 Å². The van der Waals surface area contributed by atoms with Gasteiger partial charge in [-0.05, 0) is 116 Å². The van der Waals surface area contributed by atoms with Crippen molar-refractivity contribution in [2.45, 2.75) is 304 Å². The van der Waals surface area contributed by atoms with Crippen molar-refractivity contribution >= 4 is 5.97 Å². The minimum atomic E-state index is -2.00. The molecule has 0 aromatic rings. The van der Waals surface area contributed by atoms with Gasteiger partial charge >= 0.3 is 5.97 Å². The van der Waals surface area contributed by atoms with E-state index in [1.807, 2.05) is 0 Å². The lowest BCUT2D eigenvalue weighted by molar-refractivity contribution is -0.352. The topological polar surface area (TPSA) is 492 Å². The molecule has 0 spiro atoms. The predicted octanol–water partition coefficient (Wildman–Crippen LogP) is -4.72. The van der Waals surface area contributed by atoms with E-state index in [-0.39, 0.29) is 34.0 Å². The Labute approximate surface area is 556 Å². The second-order valence-electron chi connectivity index (χ2n) is 31.4. The van der Waals surface area contributed by atoms with E-state index in [1.54, 1.807) is 6.92 Å². The van der Waals surface area contributed by atoms with Crippen molar-refractivity contribution in [1.82, 2.24) is 0 Å². The Morgan fingerprint density at radius 3 is 1.69 bits per heavy atom. The van der Waals surface area contributed by atoms with Crippen LogP contribution in [-0.4, -0.2) is 315 Å².